The third-order valence-electron chi connectivity index (χ3n) is 2.50. The zero-order chi connectivity index (χ0) is 13.8. The summed E-state index contributed by atoms with van der Waals surface area (Å²) in [5.41, 5.74) is 6.83. The molecule has 19 heavy (non-hydrogen) atoms. The lowest BCUT2D eigenvalue weighted by molar-refractivity contribution is -0.384. The van der Waals surface area contributed by atoms with Crippen LogP contribution in [0.4, 0.5) is 11.4 Å². The number of anilines is 1. The smallest absolute Gasteiger partial charge is 0.269 e. The molecule has 98 valence electrons. The van der Waals surface area contributed by atoms with E-state index in [0.717, 1.165) is 5.56 Å². The summed E-state index contributed by atoms with van der Waals surface area (Å²) in [6.45, 7) is 0. The van der Waals surface area contributed by atoms with E-state index in [1.807, 2.05) is 0 Å². The average Bonchev–Trinajstić information content (AvgIpc) is 2.39. The minimum absolute atomic E-state index is 0.0120. The van der Waals surface area contributed by atoms with Crippen molar-refractivity contribution >= 4 is 22.2 Å². The number of pyridine rings is 1. The lowest BCUT2D eigenvalue weighted by Crippen LogP contribution is -2.01. The van der Waals surface area contributed by atoms with E-state index in [1.54, 1.807) is 18.2 Å². The molecule has 1 unspecified atom stereocenters. The molecule has 0 aliphatic carbocycles. The molecular formula is C12H11N3O3S. The highest BCUT2D eigenvalue weighted by atomic mass is 32.2. The van der Waals surface area contributed by atoms with Gasteiger partial charge in [-0.3, -0.25) is 19.3 Å². The summed E-state index contributed by atoms with van der Waals surface area (Å²) in [4.78, 5) is 14.4. The number of nitrogen functional groups attached to an aromatic ring is 1. The summed E-state index contributed by atoms with van der Waals surface area (Å²) in [5, 5.41) is 10.5. The van der Waals surface area contributed by atoms with Gasteiger partial charge in [0.1, 0.15) is 0 Å². The molecule has 2 N–H and O–H groups in total. The molecule has 0 fully saturated rings. The predicted molar refractivity (Wildman–Crippen MR) is 71.9 cm³/mol. The molecule has 1 atom stereocenters. The van der Waals surface area contributed by atoms with E-state index < -0.39 is 15.7 Å². The zero-order valence-electron chi connectivity index (χ0n) is 9.85. The second-order valence-electron chi connectivity index (χ2n) is 3.83. The Kier molecular flexibility index (Phi) is 3.86. The molecule has 7 heteroatoms. The van der Waals surface area contributed by atoms with Gasteiger partial charge in [0, 0.05) is 18.3 Å². The Bertz CT molecular complexity index is 628. The molecule has 0 aliphatic rings. The number of hydrogen-bond acceptors (Lipinski definition) is 5. The molecule has 0 saturated carbocycles. The first-order valence-corrected chi connectivity index (χ1v) is 6.71. The van der Waals surface area contributed by atoms with E-state index in [2.05, 4.69) is 4.98 Å². The third kappa shape index (κ3) is 3.14. The maximum Gasteiger partial charge on any atom is 0.269 e. The van der Waals surface area contributed by atoms with Crippen molar-refractivity contribution in [2.45, 2.75) is 10.6 Å². The number of hydrogen-bond donors (Lipinski definition) is 1. The number of non-ortho nitro benzene ring substituents is 1. The summed E-state index contributed by atoms with van der Waals surface area (Å²) >= 11 is 0. The molecule has 2 aromatic rings. The molecule has 1 aromatic carbocycles. The summed E-state index contributed by atoms with van der Waals surface area (Å²) in [6, 6.07) is 7.57. The predicted octanol–water partition coefficient (Wildman–Crippen LogP) is 1.88. The zero-order valence-corrected chi connectivity index (χ0v) is 10.7. The molecule has 1 aromatic heterocycles. The van der Waals surface area contributed by atoms with Gasteiger partial charge in [0.15, 0.2) is 0 Å². The summed E-state index contributed by atoms with van der Waals surface area (Å²) in [7, 11) is -1.30. The van der Waals surface area contributed by atoms with Gasteiger partial charge in [-0.25, -0.2) is 0 Å². The van der Waals surface area contributed by atoms with Crippen molar-refractivity contribution in [2.75, 3.05) is 5.73 Å². The molecule has 0 radical (unpaired) electrons. The van der Waals surface area contributed by atoms with Gasteiger partial charge in [-0.2, -0.15) is 0 Å². The van der Waals surface area contributed by atoms with Crippen LogP contribution in [0.5, 0.6) is 0 Å². The van der Waals surface area contributed by atoms with Crippen molar-refractivity contribution < 1.29 is 9.13 Å². The van der Waals surface area contributed by atoms with Gasteiger partial charge in [0.05, 0.1) is 38.3 Å². The normalized spacial score (nSPS) is 12.0. The molecule has 0 bridgehead atoms. The van der Waals surface area contributed by atoms with E-state index in [-0.39, 0.29) is 11.4 Å². The topological polar surface area (TPSA) is 99.1 Å². The molecular weight excluding hydrogens is 266 g/mol. The quantitative estimate of drug-likeness (QED) is 0.679. The number of benzene rings is 1. The van der Waals surface area contributed by atoms with E-state index >= 15 is 0 Å². The highest BCUT2D eigenvalue weighted by molar-refractivity contribution is 7.84. The number of nitro benzene ring substituents is 1. The fourth-order valence-electron chi connectivity index (χ4n) is 1.54. The Morgan fingerprint density at radius 1 is 1.26 bits per heavy atom. The maximum atomic E-state index is 12.1. The Morgan fingerprint density at radius 3 is 2.53 bits per heavy atom. The van der Waals surface area contributed by atoms with Crippen molar-refractivity contribution in [3.05, 3.63) is 58.4 Å². The third-order valence-corrected chi connectivity index (χ3v) is 3.96. The lowest BCUT2D eigenvalue weighted by Gasteiger charge is -2.05. The van der Waals surface area contributed by atoms with Crippen LogP contribution in [-0.2, 0) is 16.6 Å². The molecule has 0 amide bonds. The van der Waals surface area contributed by atoms with E-state index in [0.29, 0.717) is 10.6 Å². The summed E-state index contributed by atoms with van der Waals surface area (Å²) in [6.07, 6.45) is 2.97. The number of aromatic nitrogens is 1. The first-order valence-electron chi connectivity index (χ1n) is 5.39. The Morgan fingerprint density at radius 2 is 1.95 bits per heavy atom. The lowest BCUT2D eigenvalue weighted by atomic mass is 10.2. The minimum atomic E-state index is -1.30. The fraction of sp³-hybridized carbons (Fsp3) is 0.0833. The van der Waals surface area contributed by atoms with Crippen LogP contribution in [0.2, 0.25) is 0 Å². The first kappa shape index (κ1) is 13.2. The Hall–Kier alpha value is -2.28. The van der Waals surface area contributed by atoms with Gasteiger partial charge in [0.25, 0.3) is 5.69 Å². The molecule has 2 rings (SSSR count). The molecule has 6 nitrogen and oxygen atoms in total. The summed E-state index contributed by atoms with van der Waals surface area (Å²) < 4.78 is 12.1. The van der Waals surface area contributed by atoms with Crippen molar-refractivity contribution in [3.63, 3.8) is 0 Å². The number of nitrogens with zero attached hydrogens (tertiary/aromatic N) is 2. The van der Waals surface area contributed by atoms with Crippen LogP contribution in [0.15, 0.2) is 47.6 Å². The van der Waals surface area contributed by atoms with Gasteiger partial charge in [-0.1, -0.05) is 12.1 Å². The molecule has 0 saturated heterocycles. The number of rotatable bonds is 4. The minimum Gasteiger partial charge on any atom is -0.396 e. The van der Waals surface area contributed by atoms with Crippen LogP contribution in [0.25, 0.3) is 0 Å². The highest BCUT2D eigenvalue weighted by Gasteiger charge is 2.10. The molecule has 1 heterocycles. The van der Waals surface area contributed by atoms with Gasteiger partial charge < -0.3 is 5.73 Å². The van der Waals surface area contributed by atoms with Crippen LogP contribution >= 0.6 is 0 Å². The maximum absolute atomic E-state index is 12.1. The van der Waals surface area contributed by atoms with Crippen LogP contribution < -0.4 is 5.73 Å². The number of nitrogens with two attached hydrogens (primary N) is 1. The van der Waals surface area contributed by atoms with Crippen molar-refractivity contribution in [2.24, 2.45) is 0 Å². The summed E-state index contributed by atoms with van der Waals surface area (Å²) in [5.74, 6) is 0.256. The monoisotopic (exact) mass is 277 g/mol. The van der Waals surface area contributed by atoms with Crippen molar-refractivity contribution in [3.8, 4) is 0 Å². The Balaban J connectivity index is 2.15. The van der Waals surface area contributed by atoms with Gasteiger partial charge >= 0.3 is 0 Å². The van der Waals surface area contributed by atoms with E-state index in [9.17, 15) is 14.3 Å². The van der Waals surface area contributed by atoms with E-state index in [4.69, 9.17) is 5.73 Å². The fourth-order valence-corrected chi connectivity index (χ4v) is 2.72. The van der Waals surface area contributed by atoms with Crippen LogP contribution in [-0.4, -0.2) is 14.1 Å². The molecule has 0 aliphatic heterocycles. The largest absolute Gasteiger partial charge is 0.396 e. The highest BCUT2D eigenvalue weighted by Crippen LogP contribution is 2.19. The van der Waals surface area contributed by atoms with E-state index in [1.165, 1.54) is 24.5 Å². The Labute approximate surface area is 111 Å². The van der Waals surface area contributed by atoms with Crippen LogP contribution in [0.1, 0.15) is 5.56 Å². The van der Waals surface area contributed by atoms with Crippen LogP contribution in [0.3, 0.4) is 0 Å². The van der Waals surface area contributed by atoms with Crippen molar-refractivity contribution in [1.29, 1.82) is 0 Å². The van der Waals surface area contributed by atoms with Gasteiger partial charge in [0.2, 0.25) is 0 Å². The van der Waals surface area contributed by atoms with Crippen LogP contribution in [0, 0.1) is 10.1 Å². The molecule has 0 spiro atoms. The second-order valence-corrected chi connectivity index (χ2v) is 5.25. The standard InChI is InChI=1S/C12H11N3O3S/c13-11-7-14-6-5-12(11)19(18)8-9-1-3-10(4-2-9)15(16)17/h1-7H,8,13H2. The SMILES string of the molecule is Nc1cnccc1S(=O)Cc1ccc([N+](=O)[O-])cc1. The second kappa shape index (κ2) is 5.57. The van der Waals surface area contributed by atoms with Gasteiger partial charge in [-0.05, 0) is 11.6 Å². The first-order chi connectivity index (χ1) is 9.08. The van der Waals surface area contributed by atoms with Crippen molar-refractivity contribution in [1.82, 2.24) is 4.98 Å². The van der Waals surface area contributed by atoms with Gasteiger partial charge in [-0.15, -0.1) is 0 Å². The average molecular weight is 277 g/mol. The number of nitro groups is 1.